The fourth-order valence-corrected chi connectivity index (χ4v) is 2.53. The van der Waals surface area contributed by atoms with E-state index in [1.807, 2.05) is 26.0 Å². The van der Waals surface area contributed by atoms with Gasteiger partial charge in [-0.05, 0) is 35.1 Å². The lowest BCUT2D eigenvalue weighted by atomic mass is 9.89. The molecule has 1 aliphatic rings. The molecular weight excluding hydrogens is 342 g/mol. The second kappa shape index (κ2) is 7.10. The van der Waals surface area contributed by atoms with Gasteiger partial charge in [-0.25, -0.2) is 0 Å². The van der Waals surface area contributed by atoms with Crippen LogP contribution in [-0.4, -0.2) is 12.4 Å². The lowest BCUT2D eigenvalue weighted by Gasteiger charge is -2.24. The Morgan fingerprint density at radius 2 is 1.56 bits per heavy atom. The fourth-order valence-electron chi connectivity index (χ4n) is 2.53. The zero-order valence-corrected chi connectivity index (χ0v) is 13.7. The number of alkyl halides is 6. The van der Waals surface area contributed by atoms with Crippen molar-refractivity contribution < 1.29 is 26.3 Å². The van der Waals surface area contributed by atoms with E-state index in [4.69, 9.17) is 0 Å². The SMILES string of the molecule is CC(C)c1ccc(/C=C/C2=CC(C(F)(F)F)CC(C(F)(F)F)=C2)cc1. The number of hydrogen-bond acceptors (Lipinski definition) is 0. The zero-order chi connectivity index (χ0) is 18.8. The van der Waals surface area contributed by atoms with Crippen LogP contribution in [0.5, 0.6) is 0 Å². The smallest absolute Gasteiger partial charge is 0.170 e. The Morgan fingerprint density at radius 1 is 0.960 bits per heavy atom. The molecule has 0 radical (unpaired) electrons. The lowest BCUT2D eigenvalue weighted by Crippen LogP contribution is -2.27. The summed E-state index contributed by atoms with van der Waals surface area (Å²) < 4.78 is 77.3. The summed E-state index contributed by atoms with van der Waals surface area (Å²) >= 11 is 0. The van der Waals surface area contributed by atoms with E-state index < -0.39 is 30.3 Å². The van der Waals surface area contributed by atoms with Crippen molar-refractivity contribution in [1.29, 1.82) is 0 Å². The van der Waals surface area contributed by atoms with Crippen LogP contribution in [0.2, 0.25) is 0 Å². The predicted octanol–water partition coefficient (Wildman–Crippen LogP) is 6.82. The van der Waals surface area contributed by atoms with E-state index in [-0.39, 0.29) is 5.57 Å². The molecule has 1 aromatic rings. The van der Waals surface area contributed by atoms with Crippen molar-refractivity contribution in [1.82, 2.24) is 0 Å². The number of benzene rings is 1. The van der Waals surface area contributed by atoms with Gasteiger partial charge >= 0.3 is 12.4 Å². The number of rotatable bonds is 3. The number of hydrogen-bond donors (Lipinski definition) is 0. The van der Waals surface area contributed by atoms with Crippen LogP contribution in [0.15, 0.2) is 53.6 Å². The molecule has 0 aromatic heterocycles. The molecule has 1 unspecified atom stereocenters. The van der Waals surface area contributed by atoms with Crippen molar-refractivity contribution >= 4 is 6.08 Å². The van der Waals surface area contributed by atoms with E-state index in [1.54, 1.807) is 12.1 Å². The summed E-state index contributed by atoms with van der Waals surface area (Å²) in [5, 5.41) is 0. The van der Waals surface area contributed by atoms with Crippen LogP contribution in [0, 0.1) is 5.92 Å². The largest absolute Gasteiger partial charge is 0.412 e. The molecule has 0 fully saturated rings. The Labute approximate surface area is 142 Å². The van der Waals surface area contributed by atoms with E-state index >= 15 is 0 Å². The Kier molecular flexibility index (Phi) is 5.49. The molecule has 136 valence electrons. The van der Waals surface area contributed by atoms with Gasteiger partial charge in [-0.3, -0.25) is 0 Å². The Balaban J connectivity index is 2.27. The maximum atomic E-state index is 12.9. The van der Waals surface area contributed by atoms with Gasteiger partial charge in [0.2, 0.25) is 0 Å². The van der Waals surface area contributed by atoms with Crippen molar-refractivity contribution in [3.63, 3.8) is 0 Å². The van der Waals surface area contributed by atoms with E-state index in [1.165, 1.54) is 12.2 Å². The average Bonchev–Trinajstić information content (AvgIpc) is 2.51. The van der Waals surface area contributed by atoms with Crippen LogP contribution in [0.4, 0.5) is 26.3 Å². The standard InChI is InChI=1S/C19H18F6/c1-12(2)15-7-5-13(6-8-15)3-4-14-9-16(18(20,21)22)11-17(10-14)19(23,24)25/h3-10,12,16H,11H2,1-2H3/b4-3+. The van der Waals surface area contributed by atoms with Crippen molar-refractivity contribution in [2.45, 2.75) is 38.5 Å². The summed E-state index contributed by atoms with van der Waals surface area (Å²) in [6.45, 7) is 4.05. The van der Waals surface area contributed by atoms with Gasteiger partial charge in [-0.1, -0.05) is 56.3 Å². The van der Waals surface area contributed by atoms with E-state index in [0.29, 0.717) is 11.5 Å². The molecule has 0 amide bonds. The van der Waals surface area contributed by atoms with Gasteiger partial charge in [0, 0.05) is 5.57 Å². The summed E-state index contributed by atoms with van der Waals surface area (Å²) in [5.74, 6) is -1.79. The summed E-state index contributed by atoms with van der Waals surface area (Å²) in [6.07, 6.45) is -6.13. The van der Waals surface area contributed by atoms with E-state index in [2.05, 4.69) is 0 Å². The summed E-state index contributed by atoms with van der Waals surface area (Å²) in [6, 6.07) is 7.33. The highest BCUT2D eigenvalue weighted by Gasteiger charge is 2.45. The Morgan fingerprint density at radius 3 is 2.04 bits per heavy atom. The molecule has 0 aliphatic heterocycles. The lowest BCUT2D eigenvalue weighted by molar-refractivity contribution is -0.165. The van der Waals surface area contributed by atoms with E-state index in [9.17, 15) is 26.3 Å². The van der Waals surface area contributed by atoms with Crippen LogP contribution in [-0.2, 0) is 0 Å². The predicted molar refractivity (Wildman–Crippen MR) is 85.9 cm³/mol. The molecule has 0 bridgehead atoms. The van der Waals surface area contributed by atoms with Crippen molar-refractivity contribution in [3.05, 3.63) is 64.8 Å². The van der Waals surface area contributed by atoms with Crippen molar-refractivity contribution in [2.75, 3.05) is 0 Å². The molecule has 0 saturated carbocycles. The second-order valence-corrected chi connectivity index (χ2v) is 6.34. The van der Waals surface area contributed by atoms with Crippen LogP contribution in [0.25, 0.3) is 6.08 Å². The maximum absolute atomic E-state index is 12.9. The minimum absolute atomic E-state index is 0.0890. The fraction of sp³-hybridized carbons (Fsp3) is 0.368. The molecule has 2 rings (SSSR count). The first-order valence-electron chi connectivity index (χ1n) is 7.81. The number of allylic oxidation sites excluding steroid dienone is 5. The first-order valence-corrected chi connectivity index (χ1v) is 7.81. The minimum Gasteiger partial charge on any atom is -0.170 e. The van der Waals surface area contributed by atoms with Gasteiger partial charge < -0.3 is 0 Å². The molecule has 1 aliphatic carbocycles. The minimum atomic E-state index is -4.77. The highest BCUT2D eigenvalue weighted by molar-refractivity contribution is 5.56. The zero-order valence-electron chi connectivity index (χ0n) is 13.7. The molecule has 25 heavy (non-hydrogen) atoms. The molecule has 0 spiro atoms. The maximum Gasteiger partial charge on any atom is 0.412 e. The molecule has 0 nitrogen and oxygen atoms in total. The van der Waals surface area contributed by atoms with Gasteiger partial charge in [0.1, 0.15) is 0 Å². The molecule has 0 heterocycles. The van der Waals surface area contributed by atoms with Gasteiger partial charge in [-0.15, -0.1) is 0 Å². The number of halogens is 6. The third kappa shape index (κ3) is 5.25. The third-order valence-electron chi connectivity index (χ3n) is 4.03. The highest BCUT2D eigenvalue weighted by Crippen LogP contribution is 2.41. The van der Waals surface area contributed by atoms with Crippen LogP contribution in [0.1, 0.15) is 37.3 Å². The van der Waals surface area contributed by atoms with Crippen LogP contribution < -0.4 is 0 Å². The second-order valence-electron chi connectivity index (χ2n) is 6.34. The van der Waals surface area contributed by atoms with Crippen molar-refractivity contribution in [3.8, 4) is 0 Å². The van der Waals surface area contributed by atoms with Gasteiger partial charge in [0.25, 0.3) is 0 Å². The average molecular weight is 360 g/mol. The summed E-state index contributed by atoms with van der Waals surface area (Å²) in [5.41, 5.74) is 0.563. The molecule has 1 atom stereocenters. The van der Waals surface area contributed by atoms with Gasteiger partial charge in [0.15, 0.2) is 0 Å². The molecule has 1 aromatic carbocycles. The topological polar surface area (TPSA) is 0 Å². The molecular formula is C19H18F6. The molecule has 0 saturated heterocycles. The Hall–Kier alpha value is -1.98. The first-order chi connectivity index (χ1) is 11.5. The normalized spacial score (nSPS) is 19.3. The molecule has 6 heteroatoms. The van der Waals surface area contributed by atoms with Gasteiger partial charge in [0.05, 0.1) is 5.92 Å². The monoisotopic (exact) mass is 360 g/mol. The van der Waals surface area contributed by atoms with E-state index in [0.717, 1.165) is 17.7 Å². The summed E-state index contributed by atoms with van der Waals surface area (Å²) in [7, 11) is 0. The van der Waals surface area contributed by atoms with Crippen LogP contribution in [0.3, 0.4) is 0 Å². The Bertz CT molecular complexity index is 684. The molecule has 0 N–H and O–H groups in total. The van der Waals surface area contributed by atoms with Crippen molar-refractivity contribution in [2.24, 2.45) is 5.92 Å². The van der Waals surface area contributed by atoms with Crippen LogP contribution >= 0.6 is 0 Å². The first kappa shape index (κ1) is 19.3. The third-order valence-corrected chi connectivity index (χ3v) is 4.03. The van der Waals surface area contributed by atoms with Gasteiger partial charge in [-0.2, -0.15) is 26.3 Å². The summed E-state index contributed by atoms with van der Waals surface area (Å²) in [4.78, 5) is 0. The highest BCUT2D eigenvalue weighted by atomic mass is 19.4. The quantitative estimate of drug-likeness (QED) is 0.519.